The van der Waals surface area contributed by atoms with E-state index in [0.717, 1.165) is 11.3 Å². The van der Waals surface area contributed by atoms with Crippen molar-refractivity contribution in [3.8, 4) is 0 Å². The fourth-order valence-electron chi connectivity index (χ4n) is 3.98. The van der Waals surface area contributed by atoms with Gasteiger partial charge in [0.1, 0.15) is 0 Å². The fraction of sp³-hybridized carbons (Fsp3) is 0.588. The number of nitrogens with one attached hydrogen (secondary N) is 2. The minimum Gasteiger partial charge on any atom is -0.469 e. The first kappa shape index (κ1) is 19.4. The summed E-state index contributed by atoms with van der Waals surface area (Å²) in [5.74, 6) is -0.762. The van der Waals surface area contributed by atoms with Crippen molar-refractivity contribution in [3.05, 3.63) is 38.6 Å². The summed E-state index contributed by atoms with van der Waals surface area (Å²) in [7, 11) is -1.75. The van der Waals surface area contributed by atoms with Crippen molar-refractivity contribution >= 4 is 15.8 Å². The molecule has 0 radical (unpaired) electrons. The molecule has 2 aromatic heterocycles. The Kier molecular flexibility index (Phi) is 5.02. The van der Waals surface area contributed by atoms with E-state index in [9.17, 15) is 18.0 Å². The summed E-state index contributed by atoms with van der Waals surface area (Å²) in [5, 5.41) is 9.90. The Morgan fingerprint density at radius 2 is 2.00 bits per heavy atom. The molecule has 1 aliphatic heterocycles. The highest BCUT2D eigenvalue weighted by molar-refractivity contribution is 7.91. The zero-order valence-electron chi connectivity index (χ0n) is 15.8. The number of aromatic amines is 2. The van der Waals surface area contributed by atoms with Gasteiger partial charge in [-0.2, -0.15) is 5.10 Å². The second-order valence-electron chi connectivity index (χ2n) is 7.04. The van der Waals surface area contributed by atoms with E-state index in [2.05, 4.69) is 15.3 Å². The molecule has 148 valence electrons. The summed E-state index contributed by atoms with van der Waals surface area (Å²) in [5.41, 5.74) is 3.01. The number of H-pyrrole nitrogens is 2. The number of nitrogens with zero attached hydrogens (tertiary/aromatic N) is 2. The number of hydrogen-bond donors (Lipinski definition) is 2. The summed E-state index contributed by atoms with van der Waals surface area (Å²) in [6, 6.07) is -0.230. The lowest BCUT2D eigenvalue weighted by Gasteiger charge is -2.17. The Morgan fingerprint density at radius 1 is 1.30 bits per heavy atom. The van der Waals surface area contributed by atoms with E-state index < -0.39 is 21.7 Å². The molecule has 0 aliphatic carbocycles. The number of esters is 1. The number of ether oxygens (including phenoxy) is 1. The number of hydrogen-bond acceptors (Lipinski definition) is 6. The molecule has 0 spiro atoms. The Hall–Kier alpha value is -2.36. The van der Waals surface area contributed by atoms with Crippen molar-refractivity contribution in [2.24, 2.45) is 0 Å². The van der Waals surface area contributed by atoms with Crippen molar-refractivity contribution in [2.45, 2.75) is 45.6 Å². The number of carbonyl (C=O) groups excluding carboxylic acids is 1. The SMILES string of the molecule is COC(=O)C[C@@H](c1c(C)nn([C@H]2CCS(=O)(=O)C2)c1C)c1c(C)[nH][nH]c1=O. The molecule has 0 amide bonds. The van der Waals surface area contributed by atoms with Crippen LogP contribution < -0.4 is 5.56 Å². The van der Waals surface area contributed by atoms with Crippen LogP contribution in [0.1, 0.15) is 53.0 Å². The lowest BCUT2D eigenvalue weighted by molar-refractivity contribution is -0.140. The summed E-state index contributed by atoms with van der Waals surface area (Å²) in [6.45, 7) is 5.42. The molecular weight excluding hydrogens is 372 g/mol. The Bertz CT molecular complexity index is 1030. The predicted molar refractivity (Wildman–Crippen MR) is 98.6 cm³/mol. The second-order valence-corrected chi connectivity index (χ2v) is 9.27. The van der Waals surface area contributed by atoms with Gasteiger partial charge in [-0.15, -0.1) is 0 Å². The highest BCUT2D eigenvalue weighted by Crippen LogP contribution is 2.35. The maximum absolute atomic E-state index is 12.3. The molecule has 0 unspecified atom stereocenters. The van der Waals surface area contributed by atoms with Crippen LogP contribution in [0.15, 0.2) is 4.79 Å². The molecule has 9 nitrogen and oxygen atoms in total. The summed E-state index contributed by atoms with van der Waals surface area (Å²) in [6.07, 6.45) is 0.504. The van der Waals surface area contributed by atoms with E-state index in [-0.39, 0.29) is 29.5 Å². The molecule has 0 saturated carbocycles. The van der Waals surface area contributed by atoms with Crippen molar-refractivity contribution < 1.29 is 17.9 Å². The van der Waals surface area contributed by atoms with Gasteiger partial charge in [0.15, 0.2) is 9.84 Å². The van der Waals surface area contributed by atoms with Crippen molar-refractivity contribution in [2.75, 3.05) is 18.6 Å². The number of aryl methyl sites for hydroxylation is 2. The van der Waals surface area contributed by atoms with E-state index in [4.69, 9.17) is 4.74 Å². The minimum atomic E-state index is -3.06. The second kappa shape index (κ2) is 6.99. The maximum atomic E-state index is 12.3. The zero-order chi connectivity index (χ0) is 19.9. The Morgan fingerprint density at radius 3 is 2.52 bits per heavy atom. The first-order chi connectivity index (χ1) is 12.6. The average Bonchev–Trinajstić information content (AvgIpc) is 3.22. The van der Waals surface area contributed by atoms with E-state index in [1.165, 1.54) is 7.11 Å². The average molecular weight is 396 g/mol. The van der Waals surface area contributed by atoms with Gasteiger partial charge < -0.3 is 9.84 Å². The molecule has 3 rings (SSSR count). The quantitative estimate of drug-likeness (QED) is 0.722. The van der Waals surface area contributed by atoms with E-state index >= 15 is 0 Å². The normalized spacial score (nSPS) is 19.9. The summed E-state index contributed by atoms with van der Waals surface area (Å²) in [4.78, 5) is 24.4. The van der Waals surface area contributed by atoms with Crippen LogP contribution in [0, 0.1) is 20.8 Å². The van der Waals surface area contributed by atoms with E-state index in [1.807, 2.05) is 13.8 Å². The highest BCUT2D eigenvalue weighted by Gasteiger charge is 2.34. The molecular formula is C17H24N4O5S. The summed E-state index contributed by atoms with van der Waals surface area (Å²) < 4.78 is 30.3. The zero-order valence-corrected chi connectivity index (χ0v) is 16.6. The van der Waals surface area contributed by atoms with Gasteiger partial charge in [-0.25, -0.2) is 8.42 Å². The minimum absolute atomic E-state index is 0.00535. The molecule has 0 bridgehead atoms. The maximum Gasteiger partial charge on any atom is 0.306 e. The third-order valence-electron chi connectivity index (χ3n) is 5.24. The molecule has 3 heterocycles. The number of sulfone groups is 1. The van der Waals surface area contributed by atoms with Crippen molar-refractivity contribution in [1.82, 2.24) is 20.0 Å². The molecule has 2 N–H and O–H groups in total. The number of rotatable bonds is 5. The number of carbonyl (C=O) groups is 1. The van der Waals surface area contributed by atoms with Gasteiger partial charge in [0.2, 0.25) is 0 Å². The lowest BCUT2D eigenvalue weighted by Crippen LogP contribution is -2.19. The van der Waals surface area contributed by atoms with Crippen LogP contribution in [0.25, 0.3) is 0 Å². The fourth-order valence-corrected chi connectivity index (χ4v) is 5.67. The molecule has 0 aromatic carbocycles. The van der Waals surface area contributed by atoms with Gasteiger partial charge >= 0.3 is 5.97 Å². The molecule has 1 saturated heterocycles. The van der Waals surface area contributed by atoms with Crippen LogP contribution in [0.2, 0.25) is 0 Å². The largest absolute Gasteiger partial charge is 0.469 e. The van der Waals surface area contributed by atoms with E-state index in [0.29, 0.717) is 23.4 Å². The van der Waals surface area contributed by atoms with Crippen LogP contribution in [-0.4, -0.2) is 53.0 Å². The smallest absolute Gasteiger partial charge is 0.306 e. The van der Waals surface area contributed by atoms with Gasteiger partial charge in [-0.3, -0.25) is 19.4 Å². The van der Waals surface area contributed by atoms with Gasteiger partial charge in [0.05, 0.1) is 36.8 Å². The standard InChI is InChI=1S/C17H24N4O5S/c1-9-16(17(23)19-18-9)13(7-14(22)26-4)15-10(2)20-21(11(15)3)12-5-6-27(24,25)8-12/h12-13H,5-8H2,1-4H3,(H2,18,19,23)/t12-,13-/m0/s1. The molecule has 10 heteroatoms. The third kappa shape index (κ3) is 3.58. The number of aromatic nitrogens is 4. The molecule has 2 aromatic rings. The van der Waals surface area contributed by atoms with Crippen molar-refractivity contribution in [3.63, 3.8) is 0 Å². The summed E-state index contributed by atoms with van der Waals surface area (Å²) >= 11 is 0. The first-order valence-corrected chi connectivity index (χ1v) is 10.6. The highest BCUT2D eigenvalue weighted by atomic mass is 32.2. The van der Waals surface area contributed by atoms with Gasteiger partial charge in [0, 0.05) is 28.4 Å². The predicted octanol–water partition coefficient (Wildman–Crippen LogP) is 0.879. The van der Waals surface area contributed by atoms with Crippen LogP contribution >= 0.6 is 0 Å². The van der Waals surface area contributed by atoms with E-state index in [1.54, 1.807) is 11.6 Å². The Balaban J connectivity index is 2.10. The van der Waals surface area contributed by atoms with Gasteiger partial charge in [-0.05, 0) is 27.2 Å². The van der Waals surface area contributed by atoms with Gasteiger partial charge in [-0.1, -0.05) is 0 Å². The topological polar surface area (TPSA) is 127 Å². The Labute approximate surface area is 157 Å². The molecule has 27 heavy (non-hydrogen) atoms. The first-order valence-electron chi connectivity index (χ1n) is 8.74. The third-order valence-corrected chi connectivity index (χ3v) is 6.99. The van der Waals surface area contributed by atoms with Crippen LogP contribution in [0.3, 0.4) is 0 Å². The van der Waals surface area contributed by atoms with Gasteiger partial charge in [0.25, 0.3) is 5.56 Å². The van der Waals surface area contributed by atoms with Crippen molar-refractivity contribution in [1.29, 1.82) is 0 Å². The molecule has 1 fully saturated rings. The van der Waals surface area contributed by atoms with Crippen LogP contribution in [-0.2, 0) is 19.4 Å². The molecule has 2 atom stereocenters. The monoisotopic (exact) mass is 396 g/mol. The van der Waals surface area contributed by atoms with Crippen LogP contribution in [0.5, 0.6) is 0 Å². The van der Waals surface area contributed by atoms with Crippen LogP contribution in [0.4, 0.5) is 0 Å². The number of methoxy groups -OCH3 is 1. The lowest BCUT2D eigenvalue weighted by atomic mass is 9.87. The molecule has 1 aliphatic rings.